The van der Waals surface area contributed by atoms with Crippen molar-refractivity contribution in [1.29, 1.82) is 0 Å². The average molecular weight is 194 g/mol. The standard InChI is InChI=1S/C10H14N2O2/c1-7-3-2-4-8(5-7)9(11)6-12-10(13)14/h2-5,9,12H,6,11H2,1H3,(H,13,14). The van der Waals surface area contributed by atoms with Crippen molar-refractivity contribution >= 4 is 6.09 Å². The Kier molecular flexibility index (Phi) is 3.48. The van der Waals surface area contributed by atoms with Crippen LogP contribution in [0.15, 0.2) is 24.3 Å². The van der Waals surface area contributed by atoms with Crippen molar-refractivity contribution in [3.05, 3.63) is 35.4 Å². The summed E-state index contributed by atoms with van der Waals surface area (Å²) in [6, 6.07) is 7.44. The zero-order chi connectivity index (χ0) is 10.6. The second-order valence-electron chi connectivity index (χ2n) is 3.21. The summed E-state index contributed by atoms with van der Waals surface area (Å²) < 4.78 is 0. The Morgan fingerprint density at radius 3 is 2.93 bits per heavy atom. The summed E-state index contributed by atoms with van der Waals surface area (Å²) in [4.78, 5) is 10.2. The van der Waals surface area contributed by atoms with Crippen LogP contribution in [0.3, 0.4) is 0 Å². The third kappa shape index (κ3) is 3.06. The number of nitrogens with two attached hydrogens (primary N) is 1. The van der Waals surface area contributed by atoms with Gasteiger partial charge in [-0.25, -0.2) is 4.79 Å². The number of hydrogen-bond acceptors (Lipinski definition) is 2. The Morgan fingerprint density at radius 1 is 1.64 bits per heavy atom. The minimum atomic E-state index is -1.05. The van der Waals surface area contributed by atoms with Gasteiger partial charge in [0.15, 0.2) is 0 Å². The first-order chi connectivity index (χ1) is 6.59. The van der Waals surface area contributed by atoms with E-state index in [4.69, 9.17) is 10.8 Å². The van der Waals surface area contributed by atoms with Crippen LogP contribution >= 0.6 is 0 Å². The van der Waals surface area contributed by atoms with E-state index in [1.165, 1.54) is 0 Å². The fraction of sp³-hybridized carbons (Fsp3) is 0.300. The molecule has 0 bridgehead atoms. The van der Waals surface area contributed by atoms with Gasteiger partial charge in [-0.2, -0.15) is 0 Å². The van der Waals surface area contributed by atoms with Gasteiger partial charge in [0.1, 0.15) is 0 Å². The Hall–Kier alpha value is -1.55. The van der Waals surface area contributed by atoms with Gasteiger partial charge < -0.3 is 16.2 Å². The lowest BCUT2D eigenvalue weighted by atomic mass is 10.1. The first kappa shape index (κ1) is 10.5. The van der Waals surface area contributed by atoms with E-state index >= 15 is 0 Å². The first-order valence-electron chi connectivity index (χ1n) is 4.38. The topological polar surface area (TPSA) is 75.3 Å². The maximum atomic E-state index is 10.2. The van der Waals surface area contributed by atoms with Crippen molar-refractivity contribution in [2.75, 3.05) is 6.54 Å². The van der Waals surface area contributed by atoms with Crippen molar-refractivity contribution in [2.24, 2.45) is 5.73 Å². The Labute approximate surface area is 82.7 Å². The number of hydrogen-bond donors (Lipinski definition) is 3. The van der Waals surface area contributed by atoms with E-state index < -0.39 is 6.09 Å². The fourth-order valence-electron chi connectivity index (χ4n) is 1.22. The molecule has 1 rings (SSSR count). The second kappa shape index (κ2) is 4.62. The SMILES string of the molecule is Cc1cccc(C(N)CNC(=O)O)c1. The number of aryl methyl sites for hydroxylation is 1. The second-order valence-corrected chi connectivity index (χ2v) is 3.21. The molecular weight excluding hydrogens is 180 g/mol. The molecule has 0 aromatic heterocycles. The molecule has 0 aliphatic carbocycles. The van der Waals surface area contributed by atoms with Crippen LogP contribution in [0.2, 0.25) is 0 Å². The maximum absolute atomic E-state index is 10.2. The summed E-state index contributed by atoms with van der Waals surface area (Å²) >= 11 is 0. The number of carbonyl (C=O) groups is 1. The zero-order valence-electron chi connectivity index (χ0n) is 8.03. The molecule has 0 spiro atoms. The molecule has 1 aromatic carbocycles. The molecule has 0 saturated carbocycles. The molecule has 1 amide bonds. The van der Waals surface area contributed by atoms with Crippen LogP contribution < -0.4 is 11.1 Å². The van der Waals surface area contributed by atoms with Crippen molar-refractivity contribution in [2.45, 2.75) is 13.0 Å². The van der Waals surface area contributed by atoms with Crippen molar-refractivity contribution in [3.8, 4) is 0 Å². The van der Waals surface area contributed by atoms with Crippen molar-refractivity contribution < 1.29 is 9.90 Å². The zero-order valence-corrected chi connectivity index (χ0v) is 8.03. The van der Waals surface area contributed by atoms with Gasteiger partial charge in [0.05, 0.1) is 0 Å². The van der Waals surface area contributed by atoms with Gasteiger partial charge in [-0.15, -0.1) is 0 Å². The molecule has 4 nitrogen and oxygen atoms in total. The highest BCUT2D eigenvalue weighted by Gasteiger charge is 2.06. The van der Waals surface area contributed by atoms with Crippen LogP contribution in [-0.4, -0.2) is 17.7 Å². The summed E-state index contributed by atoms with van der Waals surface area (Å²) in [5, 5.41) is 10.7. The molecule has 1 atom stereocenters. The minimum Gasteiger partial charge on any atom is -0.465 e. The van der Waals surface area contributed by atoms with Gasteiger partial charge in [0, 0.05) is 12.6 Å². The highest BCUT2D eigenvalue weighted by atomic mass is 16.4. The van der Waals surface area contributed by atoms with Crippen LogP contribution in [0.4, 0.5) is 4.79 Å². The maximum Gasteiger partial charge on any atom is 0.404 e. The van der Waals surface area contributed by atoms with Crippen LogP contribution in [-0.2, 0) is 0 Å². The number of benzene rings is 1. The third-order valence-electron chi connectivity index (χ3n) is 1.94. The highest BCUT2D eigenvalue weighted by molar-refractivity contribution is 5.64. The van der Waals surface area contributed by atoms with Gasteiger partial charge in [-0.05, 0) is 12.5 Å². The molecular formula is C10H14N2O2. The van der Waals surface area contributed by atoms with E-state index in [0.717, 1.165) is 11.1 Å². The lowest BCUT2D eigenvalue weighted by Crippen LogP contribution is -2.30. The van der Waals surface area contributed by atoms with Crippen molar-refractivity contribution in [3.63, 3.8) is 0 Å². The summed E-state index contributed by atoms with van der Waals surface area (Å²) in [7, 11) is 0. The van der Waals surface area contributed by atoms with Gasteiger partial charge in [0.25, 0.3) is 0 Å². The van der Waals surface area contributed by atoms with E-state index in [9.17, 15) is 4.79 Å². The largest absolute Gasteiger partial charge is 0.465 e. The van der Waals surface area contributed by atoms with E-state index in [0.29, 0.717) is 0 Å². The number of rotatable bonds is 3. The summed E-state index contributed by atoms with van der Waals surface area (Å²) in [6.45, 7) is 2.21. The first-order valence-corrected chi connectivity index (χ1v) is 4.38. The molecule has 0 heterocycles. The summed E-state index contributed by atoms with van der Waals surface area (Å²) in [5.41, 5.74) is 7.85. The highest BCUT2D eigenvalue weighted by Crippen LogP contribution is 2.10. The van der Waals surface area contributed by atoms with Crippen LogP contribution in [0.1, 0.15) is 17.2 Å². The molecule has 0 fully saturated rings. The molecule has 1 unspecified atom stereocenters. The Balaban J connectivity index is 2.60. The monoisotopic (exact) mass is 194 g/mol. The molecule has 0 aliphatic heterocycles. The minimum absolute atomic E-state index is 0.235. The lowest BCUT2D eigenvalue weighted by Gasteiger charge is -2.12. The van der Waals surface area contributed by atoms with E-state index in [1.54, 1.807) is 0 Å². The van der Waals surface area contributed by atoms with Gasteiger partial charge in [0.2, 0.25) is 0 Å². The predicted octanol–water partition coefficient (Wildman–Crippen LogP) is 1.26. The molecule has 1 aromatic rings. The quantitative estimate of drug-likeness (QED) is 0.678. The summed E-state index contributed by atoms with van der Waals surface area (Å²) in [5.74, 6) is 0. The van der Waals surface area contributed by atoms with E-state index in [1.807, 2.05) is 31.2 Å². The third-order valence-corrected chi connectivity index (χ3v) is 1.94. The van der Waals surface area contributed by atoms with E-state index in [-0.39, 0.29) is 12.6 Å². The molecule has 4 heteroatoms. The molecule has 76 valence electrons. The molecule has 0 radical (unpaired) electrons. The lowest BCUT2D eigenvalue weighted by molar-refractivity contribution is 0.193. The number of amides is 1. The average Bonchev–Trinajstić information content (AvgIpc) is 2.14. The van der Waals surface area contributed by atoms with Crippen LogP contribution in [0, 0.1) is 6.92 Å². The molecule has 0 saturated heterocycles. The molecule has 14 heavy (non-hydrogen) atoms. The Bertz CT molecular complexity index is 326. The fourth-order valence-corrected chi connectivity index (χ4v) is 1.22. The van der Waals surface area contributed by atoms with Crippen molar-refractivity contribution in [1.82, 2.24) is 5.32 Å². The Morgan fingerprint density at radius 2 is 2.36 bits per heavy atom. The predicted molar refractivity (Wildman–Crippen MR) is 54.1 cm³/mol. The number of nitrogens with one attached hydrogen (secondary N) is 1. The van der Waals surface area contributed by atoms with Gasteiger partial charge in [-0.3, -0.25) is 0 Å². The smallest absolute Gasteiger partial charge is 0.404 e. The van der Waals surface area contributed by atoms with Crippen LogP contribution in [0.25, 0.3) is 0 Å². The van der Waals surface area contributed by atoms with E-state index in [2.05, 4.69) is 5.32 Å². The molecule has 4 N–H and O–H groups in total. The normalized spacial score (nSPS) is 12.1. The summed E-state index contributed by atoms with van der Waals surface area (Å²) in [6.07, 6.45) is -1.05. The number of carboxylic acid groups (broad SMARTS) is 1. The van der Waals surface area contributed by atoms with Gasteiger partial charge in [-0.1, -0.05) is 29.8 Å². The molecule has 0 aliphatic rings. The van der Waals surface area contributed by atoms with Gasteiger partial charge >= 0.3 is 6.09 Å². The van der Waals surface area contributed by atoms with Crippen LogP contribution in [0.5, 0.6) is 0 Å².